The highest BCUT2D eigenvalue weighted by molar-refractivity contribution is 5.83. The molecule has 0 atom stereocenters. The van der Waals surface area contributed by atoms with Crippen LogP contribution in [-0.4, -0.2) is 41.7 Å². The largest absolute Gasteiger partial charge is 0.495 e. The molecule has 5 heteroatoms. The van der Waals surface area contributed by atoms with Gasteiger partial charge in [0, 0.05) is 19.6 Å². The number of hydrogen-bond donors (Lipinski definition) is 2. The van der Waals surface area contributed by atoms with E-state index in [1.54, 1.807) is 7.11 Å². The Morgan fingerprint density at radius 2 is 1.76 bits per heavy atom. The molecule has 5 nitrogen and oxygen atoms in total. The first kappa shape index (κ1) is 17.3. The molecular weight excluding hydrogens is 316 g/mol. The molecule has 1 aliphatic heterocycles. The predicted molar refractivity (Wildman–Crippen MR) is 97.9 cm³/mol. The summed E-state index contributed by atoms with van der Waals surface area (Å²) in [6, 6.07) is 17.7. The minimum absolute atomic E-state index is 0.549. The molecule has 0 bridgehead atoms. The number of rotatable bonds is 6. The molecule has 1 fully saturated rings. The predicted octanol–water partition coefficient (Wildman–Crippen LogP) is 3.23. The third-order valence-electron chi connectivity index (χ3n) is 4.85. The fourth-order valence-corrected chi connectivity index (χ4v) is 3.33. The fraction of sp³-hybridized carbons (Fsp3) is 0.350. The van der Waals surface area contributed by atoms with Gasteiger partial charge in [-0.25, -0.2) is 4.79 Å². The Hall–Kier alpha value is -2.53. The lowest BCUT2D eigenvalue weighted by Gasteiger charge is -2.40. The van der Waals surface area contributed by atoms with Crippen LogP contribution in [0.1, 0.15) is 18.4 Å². The summed E-state index contributed by atoms with van der Waals surface area (Å²) in [5, 5.41) is 13.1. The zero-order chi connectivity index (χ0) is 17.7. The van der Waals surface area contributed by atoms with Crippen LogP contribution in [0.15, 0.2) is 54.6 Å². The van der Waals surface area contributed by atoms with Crippen LogP contribution in [0.4, 0.5) is 5.69 Å². The third-order valence-corrected chi connectivity index (χ3v) is 4.85. The van der Waals surface area contributed by atoms with Gasteiger partial charge in [0.1, 0.15) is 11.3 Å². The molecule has 2 aromatic rings. The second kappa shape index (κ2) is 7.57. The van der Waals surface area contributed by atoms with Crippen molar-refractivity contribution in [3.05, 3.63) is 60.2 Å². The van der Waals surface area contributed by atoms with Crippen molar-refractivity contribution in [2.24, 2.45) is 0 Å². The number of ether oxygens (including phenoxy) is 1. The van der Waals surface area contributed by atoms with E-state index in [4.69, 9.17) is 4.74 Å². The SMILES string of the molecule is COc1ccccc1NC1(C(=O)O)CCN(Cc2ccccc2)CC1. The molecule has 1 heterocycles. The summed E-state index contributed by atoms with van der Waals surface area (Å²) in [4.78, 5) is 14.3. The van der Waals surface area contributed by atoms with Gasteiger partial charge in [-0.3, -0.25) is 4.90 Å². The number of anilines is 1. The maximum atomic E-state index is 12.0. The summed E-state index contributed by atoms with van der Waals surface area (Å²) in [7, 11) is 1.59. The van der Waals surface area contributed by atoms with Crippen LogP contribution in [0.3, 0.4) is 0 Å². The first-order chi connectivity index (χ1) is 12.1. The summed E-state index contributed by atoms with van der Waals surface area (Å²) < 4.78 is 5.35. The molecule has 0 unspecified atom stereocenters. The number of aliphatic carboxylic acids is 1. The zero-order valence-electron chi connectivity index (χ0n) is 14.4. The molecule has 2 N–H and O–H groups in total. The molecule has 0 amide bonds. The molecule has 0 saturated carbocycles. The fourth-order valence-electron chi connectivity index (χ4n) is 3.33. The van der Waals surface area contributed by atoms with Gasteiger partial charge in [0.15, 0.2) is 0 Å². The van der Waals surface area contributed by atoms with Gasteiger partial charge in [-0.05, 0) is 30.5 Å². The molecule has 0 radical (unpaired) electrons. The molecular formula is C20H24N2O3. The van der Waals surface area contributed by atoms with Gasteiger partial charge in [0.25, 0.3) is 0 Å². The number of benzene rings is 2. The Balaban J connectivity index is 1.70. The van der Waals surface area contributed by atoms with Crippen molar-refractivity contribution in [1.82, 2.24) is 4.90 Å². The first-order valence-corrected chi connectivity index (χ1v) is 8.54. The van der Waals surface area contributed by atoms with E-state index in [9.17, 15) is 9.90 Å². The maximum absolute atomic E-state index is 12.0. The lowest BCUT2D eigenvalue weighted by molar-refractivity contribution is -0.144. The second-order valence-electron chi connectivity index (χ2n) is 6.47. The highest BCUT2D eigenvalue weighted by atomic mass is 16.5. The van der Waals surface area contributed by atoms with Crippen LogP contribution in [0, 0.1) is 0 Å². The number of carboxylic acids is 1. The van der Waals surface area contributed by atoms with Crippen molar-refractivity contribution in [2.75, 3.05) is 25.5 Å². The maximum Gasteiger partial charge on any atom is 0.329 e. The van der Waals surface area contributed by atoms with Gasteiger partial charge in [0.2, 0.25) is 0 Å². The zero-order valence-corrected chi connectivity index (χ0v) is 14.4. The van der Waals surface area contributed by atoms with Crippen molar-refractivity contribution in [3.8, 4) is 5.75 Å². The topological polar surface area (TPSA) is 61.8 Å². The Labute approximate surface area is 148 Å². The molecule has 0 aromatic heterocycles. The van der Waals surface area contributed by atoms with Crippen LogP contribution >= 0.6 is 0 Å². The summed E-state index contributed by atoms with van der Waals surface area (Å²) in [5.41, 5.74) is 1.02. The van der Waals surface area contributed by atoms with E-state index in [0.29, 0.717) is 18.6 Å². The number of nitrogens with zero attached hydrogens (tertiary/aromatic N) is 1. The monoisotopic (exact) mass is 340 g/mol. The summed E-state index contributed by atoms with van der Waals surface area (Å²) >= 11 is 0. The van der Waals surface area contributed by atoms with Gasteiger partial charge < -0.3 is 15.2 Å². The highest BCUT2D eigenvalue weighted by Crippen LogP contribution is 2.32. The minimum Gasteiger partial charge on any atom is -0.495 e. The normalized spacial score (nSPS) is 17.0. The number of carboxylic acid groups (broad SMARTS) is 1. The van der Waals surface area contributed by atoms with Crippen LogP contribution in [0.5, 0.6) is 5.75 Å². The van der Waals surface area contributed by atoms with Crippen LogP contribution in [0.2, 0.25) is 0 Å². The summed E-state index contributed by atoms with van der Waals surface area (Å²) in [6.07, 6.45) is 1.10. The van der Waals surface area contributed by atoms with Gasteiger partial charge >= 0.3 is 5.97 Å². The Morgan fingerprint density at radius 1 is 1.12 bits per heavy atom. The van der Waals surface area contributed by atoms with Crippen molar-refractivity contribution in [1.29, 1.82) is 0 Å². The standard InChI is InChI=1S/C20H24N2O3/c1-25-18-10-6-5-9-17(18)21-20(19(23)24)11-13-22(14-12-20)15-16-7-3-2-4-8-16/h2-10,21H,11-15H2,1H3,(H,23,24). The van der Waals surface area contributed by atoms with Gasteiger partial charge in [-0.15, -0.1) is 0 Å². The molecule has 2 aromatic carbocycles. The number of para-hydroxylation sites is 2. The van der Waals surface area contributed by atoms with Crippen molar-refractivity contribution < 1.29 is 14.6 Å². The van der Waals surface area contributed by atoms with Crippen molar-refractivity contribution >= 4 is 11.7 Å². The lowest BCUT2D eigenvalue weighted by atomic mass is 9.87. The summed E-state index contributed by atoms with van der Waals surface area (Å²) in [5.74, 6) is -0.146. The molecule has 1 aliphatic rings. The number of hydrogen-bond acceptors (Lipinski definition) is 4. The van der Waals surface area contributed by atoms with Crippen LogP contribution < -0.4 is 10.1 Å². The number of nitrogens with one attached hydrogen (secondary N) is 1. The molecule has 3 rings (SSSR count). The van der Waals surface area contributed by atoms with Gasteiger partial charge in [0.05, 0.1) is 12.8 Å². The number of likely N-dealkylation sites (tertiary alicyclic amines) is 1. The molecule has 132 valence electrons. The van der Waals surface area contributed by atoms with E-state index in [-0.39, 0.29) is 0 Å². The minimum atomic E-state index is -0.957. The first-order valence-electron chi connectivity index (χ1n) is 8.54. The number of methoxy groups -OCH3 is 1. The Kier molecular flexibility index (Phi) is 5.24. The molecule has 0 aliphatic carbocycles. The molecule has 25 heavy (non-hydrogen) atoms. The smallest absolute Gasteiger partial charge is 0.329 e. The van der Waals surface area contributed by atoms with Gasteiger partial charge in [-0.2, -0.15) is 0 Å². The average Bonchev–Trinajstić information content (AvgIpc) is 2.64. The lowest BCUT2D eigenvalue weighted by Crippen LogP contribution is -2.54. The molecule has 0 spiro atoms. The third kappa shape index (κ3) is 3.94. The van der Waals surface area contributed by atoms with Crippen molar-refractivity contribution in [3.63, 3.8) is 0 Å². The quantitative estimate of drug-likeness (QED) is 0.845. The number of piperidine rings is 1. The summed E-state index contributed by atoms with van der Waals surface area (Å²) in [6.45, 7) is 2.33. The molecule has 1 saturated heterocycles. The van der Waals surface area contributed by atoms with E-state index in [1.807, 2.05) is 42.5 Å². The number of carbonyl (C=O) groups is 1. The van der Waals surface area contributed by atoms with E-state index in [2.05, 4.69) is 22.3 Å². The van der Waals surface area contributed by atoms with Crippen LogP contribution in [-0.2, 0) is 11.3 Å². The van der Waals surface area contributed by atoms with Gasteiger partial charge in [-0.1, -0.05) is 42.5 Å². The average molecular weight is 340 g/mol. The highest BCUT2D eigenvalue weighted by Gasteiger charge is 2.42. The van der Waals surface area contributed by atoms with Crippen molar-refractivity contribution in [2.45, 2.75) is 24.9 Å². The Bertz CT molecular complexity index is 710. The van der Waals surface area contributed by atoms with E-state index in [0.717, 1.165) is 25.3 Å². The van der Waals surface area contributed by atoms with E-state index in [1.165, 1.54) is 5.56 Å². The Morgan fingerprint density at radius 3 is 2.40 bits per heavy atom. The second-order valence-corrected chi connectivity index (χ2v) is 6.47. The van der Waals surface area contributed by atoms with Crippen LogP contribution in [0.25, 0.3) is 0 Å². The van der Waals surface area contributed by atoms with E-state index < -0.39 is 11.5 Å². The van der Waals surface area contributed by atoms with E-state index >= 15 is 0 Å².